The fourth-order valence-corrected chi connectivity index (χ4v) is 2.52. The minimum Gasteiger partial charge on any atom is -0.353 e. The standard InChI is InChI=1S/C10H11BrClF3N4/c11-7-8(12)16-6-17-9(7)19-3-1-18(2-4-19)5-10(13,14)15/h6H,1-5H2. The highest BCUT2D eigenvalue weighted by Crippen LogP contribution is 2.29. The molecule has 19 heavy (non-hydrogen) atoms. The molecule has 0 spiro atoms. The molecule has 1 aromatic heterocycles. The van der Waals surface area contributed by atoms with Crippen LogP contribution in [0.15, 0.2) is 10.8 Å². The van der Waals surface area contributed by atoms with E-state index in [0.717, 1.165) is 0 Å². The van der Waals surface area contributed by atoms with Crippen LogP contribution in [0.2, 0.25) is 5.15 Å². The van der Waals surface area contributed by atoms with Crippen molar-refractivity contribution in [1.82, 2.24) is 14.9 Å². The van der Waals surface area contributed by atoms with Crippen LogP contribution in [0.1, 0.15) is 0 Å². The molecule has 1 saturated heterocycles. The van der Waals surface area contributed by atoms with Gasteiger partial charge in [-0.25, -0.2) is 9.97 Å². The van der Waals surface area contributed by atoms with Crippen LogP contribution < -0.4 is 4.90 Å². The van der Waals surface area contributed by atoms with E-state index >= 15 is 0 Å². The van der Waals surface area contributed by atoms with Gasteiger partial charge in [0.25, 0.3) is 0 Å². The lowest BCUT2D eigenvalue weighted by atomic mass is 10.3. The van der Waals surface area contributed by atoms with Gasteiger partial charge in [0.15, 0.2) is 0 Å². The number of hydrogen-bond acceptors (Lipinski definition) is 4. The first-order valence-corrected chi connectivity index (χ1v) is 6.74. The molecule has 9 heteroatoms. The molecule has 0 atom stereocenters. The fraction of sp³-hybridized carbons (Fsp3) is 0.600. The Morgan fingerprint density at radius 1 is 1.21 bits per heavy atom. The summed E-state index contributed by atoms with van der Waals surface area (Å²) in [6.07, 6.45) is -2.81. The number of aromatic nitrogens is 2. The average molecular weight is 360 g/mol. The summed E-state index contributed by atoms with van der Waals surface area (Å²) >= 11 is 9.15. The molecule has 2 heterocycles. The third kappa shape index (κ3) is 3.93. The first kappa shape index (κ1) is 14.8. The molecule has 0 aromatic carbocycles. The second kappa shape index (κ2) is 5.80. The normalized spacial score (nSPS) is 17.8. The summed E-state index contributed by atoms with van der Waals surface area (Å²) in [4.78, 5) is 11.2. The zero-order valence-electron chi connectivity index (χ0n) is 9.79. The molecule has 1 aliphatic heterocycles. The SMILES string of the molecule is FC(F)(F)CN1CCN(c2ncnc(Cl)c2Br)CC1. The summed E-state index contributed by atoms with van der Waals surface area (Å²) in [7, 11) is 0. The van der Waals surface area contributed by atoms with Gasteiger partial charge in [0.05, 0.1) is 11.0 Å². The number of piperazine rings is 1. The highest BCUT2D eigenvalue weighted by molar-refractivity contribution is 9.10. The van der Waals surface area contributed by atoms with Gasteiger partial charge in [-0.15, -0.1) is 0 Å². The summed E-state index contributed by atoms with van der Waals surface area (Å²) in [5.74, 6) is 0.617. The Hall–Kier alpha value is -0.600. The minimum absolute atomic E-state index is 0.294. The number of halogens is 5. The zero-order chi connectivity index (χ0) is 14.0. The summed E-state index contributed by atoms with van der Waals surface area (Å²) in [6, 6.07) is 0. The van der Waals surface area contributed by atoms with Crippen LogP contribution in [0.5, 0.6) is 0 Å². The molecule has 4 nitrogen and oxygen atoms in total. The van der Waals surface area contributed by atoms with E-state index in [1.54, 1.807) is 0 Å². The molecule has 1 aromatic rings. The summed E-state index contributed by atoms with van der Waals surface area (Å²) in [5, 5.41) is 0.294. The minimum atomic E-state index is -4.15. The summed E-state index contributed by atoms with van der Waals surface area (Å²) < 4.78 is 37.4. The zero-order valence-corrected chi connectivity index (χ0v) is 12.1. The smallest absolute Gasteiger partial charge is 0.353 e. The van der Waals surface area contributed by atoms with Gasteiger partial charge < -0.3 is 4.90 Å². The van der Waals surface area contributed by atoms with Crippen molar-refractivity contribution in [2.45, 2.75) is 6.18 Å². The third-order valence-electron chi connectivity index (χ3n) is 2.80. The topological polar surface area (TPSA) is 32.3 Å². The van der Waals surface area contributed by atoms with E-state index in [0.29, 0.717) is 41.6 Å². The molecule has 1 aliphatic rings. The third-order valence-corrected chi connectivity index (χ3v) is 4.05. The summed E-state index contributed by atoms with van der Waals surface area (Å²) in [5.41, 5.74) is 0. The average Bonchev–Trinajstić information content (AvgIpc) is 2.32. The number of alkyl halides is 3. The molecule has 0 radical (unpaired) electrons. The van der Waals surface area contributed by atoms with Crippen molar-refractivity contribution < 1.29 is 13.2 Å². The number of rotatable bonds is 2. The van der Waals surface area contributed by atoms with Crippen LogP contribution in [0.25, 0.3) is 0 Å². The Bertz CT molecular complexity index is 449. The molecule has 0 N–H and O–H groups in total. The maximum absolute atomic E-state index is 12.3. The molecule has 2 rings (SSSR count). The van der Waals surface area contributed by atoms with Gasteiger partial charge in [-0.2, -0.15) is 13.2 Å². The lowest BCUT2D eigenvalue weighted by molar-refractivity contribution is -0.146. The second-order valence-corrected chi connectivity index (χ2v) is 5.33. The molecule has 0 bridgehead atoms. The van der Waals surface area contributed by atoms with E-state index in [1.165, 1.54) is 11.2 Å². The maximum Gasteiger partial charge on any atom is 0.401 e. The van der Waals surface area contributed by atoms with E-state index < -0.39 is 12.7 Å². The van der Waals surface area contributed by atoms with Crippen LogP contribution in [0.3, 0.4) is 0 Å². The molecule has 0 aliphatic carbocycles. The van der Waals surface area contributed by atoms with E-state index in [-0.39, 0.29) is 0 Å². The molecule has 0 amide bonds. The van der Waals surface area contributed by atoms with Crippen molar-refractivity contribution in [1.29, 1.82) is 0 Å². The Kier molecular flexibility index (Phi) is 4.52. The van der Waals surface area contributed by atoms with Crippen molar-refractivity contribution in [3.63, 3.8) is 0 Å². The van der Waals surface area contributed by atoms with Crippen molar-refractivity contribution in [3.8, 4) is 0 Å². The molecule has 0 unspecified atom stereocenters. The molecule has 0 saturated carbocycles. The summed E-state index contributed by atoms with van der Waals surface area (Å²) in [6.45, 7) is 0.762. The first-order chi connectivity index (χ1) is 8.87. The fourth-order valence-electron chi connectivity index (χ4n) is 1.93. The quantitative estimate of drug-likeness (QED) is 0.760. The Morgan fingerprint density at radius 2 is 1.84 bits per heavy atom. The second-order valence-electron chi connectivity index (χ2n) is 4.18. The van der Waals surface area contributed by atoms with Crippen molar-refractivity contribution >= 4 is 33.3 Å². The lowest BCUT2D eigenvalue weighted by Crippen LogP contribution is -2.49. The number of hydrogen-bond donors (Lipinski definition) is 0. The van der Waals surface area contributed by atoms with E-state index in [1.807, 2.05) is 4.90 Å². The Morgan fingerprint density at radius 3 is 2.42 bits per heavy atom. The monoisotopic (exact) mass is 358 g/mol. The predicted molar refractivity (Wildman–Crippen MR) is 69.5 cm³/mol. The maximum atomic E-state index is 12.3. The van der Waals surface area contributed by atoms with E-state index in [9.17, 15) is 13.2 Å². The molecular formula is C10H11BrClF3N4. The first-order valence-electron chi connectivity index (χ1n) is 5.57. The predicted octanol–water partition coefficient (Wildman–Crippen LogP) is 2.58. The number of anilines is 1. The largest absolute Gasteiger partial charge is 0.401 e. The van der Waals surface area contributed by atoms with Gasteiger partial charge in [0.1, 0.15) is 17.3 Å². The van der Waals surface area contributed by atoms with Gasteiger partial charge in [-0.1, -0.05) is 11.6 Å². The van der Waals surface area contributed by atoms with Crippen LogP contribution in [0.4, 0.5) is 19.0 Å². The van der Waals surface area contributed by atoms with Gasteiger partial charge >= 0.3 is 6.18 Å². The van der Waals surface area contributed by atoms with Gasteiger partial charge in [0.2, 0.25) is 0 Å². The lowest BCUT2D eigenvalue weighted by Gasteiger charge is -2.35. The van der Waals surface area contributed by atoms with Gasteiger partial charge in [-0.05, 0) is 15.9 Å². The van der Waals surface area contributed by atoms with Crippen molar-refractivity contribution in [2.75, 3.05) is 37.6 Å². The van der Waals surface area contributed by atoms with E-state index in [2.05, 4.69) is 25.9 Å². The van der Waals surface area contributed by atoms with Crippen molar-refractivity contribution in [2.24, 2.45) is 0 Å². The van der Waals surface area contributed by atoms with Crippen LogP contribution >= 0.6 is 27.5 Å². The Balaban J connectivity index is 1.98. The van der Waals surface area contributed by atoms with Crippen LogP contribution in [0, 0.1) is 0 Å². The number of nitrogens with zero attached hydrogens (tertiary/aromatic N) is 4. The van der Waals surface area contributed by atoms with Crippen molar-refractivity contribution in [3.05, 3.63) is 16.0 Å². The van der Waals surface area contributed by atoms with E-state index in [4.69, 9.17) is 11.6 Å². The van der Waals surface area contributed by atoms with Gasteiger partial charge in [-0.3, -0.25) is 4.90 Å². The van der Waals surface area contributed by atoms with Gasteiger partial charge in [0, 0.05) is 26.2 Å². The molecule has 106 valence electrons. The highest BCUT2D eigenvalue weighted by Gasteiger charge is 2.32. The molecular weight excluding hydrogens is 348 g/mol. The van der Waals surface area contributed by atoms with Crippen LogP contribution in [-0.2, 0) is 0 Å². The molecule has 1 fully saturated rings. The highest BCUT2D eigenvalue weighted by atomic mass is 79.9. The Labute approximate surface area is 121 Å². The van der Waals surface area contributed by atoms with Crippen LogP contribution in [-0.4, -0.2) is 53.8 Å².